The molecule has 16 heavy (non-hydrogen) atoms. The second-order valence-electron chi connectivity index (χ2n) is 3.41. The Hall–Kier alpha value is -0.520. The van der Waals surface area contributed by atoms with Crippen molar-refractivity contribution < 1.29 is 14.3 Å². The van der Waals surface area contributed by atoms with Crippen molar-refractivity contribution in [1.82, 2.24) is 5.32 Å². The van der Waals surface area contributed by atoms with Gasteiger partial charge in [-0.25, -0.2) is 0 Å². The highest BCUT2D eigenvalue weighted by molar-refractivity contribution is 7.99. The number of ether oxygens (including phenoxy) is 2. The summed E-state index contributed by atoms with van der Waals surface area (Å²) >= 11 is 1.56. The first-order valence-corrected chi connectivity index (χ1v) is 6.37. The summed E-state index contributed by atoms with van der Waals surface area (Å²) in [5.74, 6) is 1.36. The van der Waals surface area contributed by atoms with Crippen molar-refractivity contribution in [2.75, 3.05) is 45.0 Å². The molecule has 0 aromatic carbocycles. The molecule has 0 aliphatic heterocycles. The number of carbonyl (C=O) groups is 1. The van der Waals surface area contributed by atoms with E-state index in [9.17, 15) is 4.79 Å². The van der Waals surface area contributed by atoms with E-state index in [4.69, 9.17) is 9.47 Å². The third kappa shape index (κ3) is 11.6. The SMILES string of the molecule is C=C(C)COCCNC(=O)CSCCOC. The van der Waals surface area contributed by atoms with Crippen LogP contribution < -0.4 is 5.32 Å². The molecule has 0 atom stereocenters. The molecule has 0 radical (unpaired) electrons. The Bertz CT molecular complexity index is 209. The minimum Gasteiger partial charge on any atom is -0.384 e. The van der Waals surface area contributed by atoms with Crippen LogP contribution in [0.25, 0.3) is 0 Å². The molecule has 4 nitrogen and oxygen atoms in total. The van der Waals surface area contributed by atoms with Gasteiger partial charge < -0.3 is 14.8 Å². The second-order valence-corrected chi connectivity index (χ2v) is 4.51. The maximum atomic E-state index is 11.3. The number of amides is 1. The molecule has 0 saturated carbocycles. The Morgan fingerprint density at radius 2 is 2.19 bits per heavy atom. The molecule has 94 valence electrons. The summed E-state index contributed by atoms with van der Waals surface area (Å²) < 4.78 is 10.1. The summed E-state index contributed by atoms with van der Waals surface area (Å²) in [5, 5.41) is 2.78. The first-order valence-electron chi connectivity index (χ1n) is 5.22. The summed E-state index contributed by atoms with van der Waals surface area (Å²) in [6.07, 6.45) is 0. The maximum Gasteiger partial charge on any atom is 0.230 e. The van der Waals surface area contributed by atoms with E-state index in [1.807, 2.05) is 6.92 Å². The van der Waals surface area contributed by atoms with Crippen molar-refractivity contribution in [3.8, 4) is 0 Å². The maximum absolute atomic E-state index is 11.3. The van der Waals surface area contributed by atoms with Gasteiger partial charge in [-0.3, -0.25) is 4.79 Å². The number of nitrogens with one attached hydrogen (secondary N) is 1. The van der Waals surface area contributed by atoms with Crippen LogP contribution in [0, 0.1) is 0 Å². The van der Waals surface area contributed by atoms with Gasteiger partial charge in [0.25, 0.3) is 0 Å². The lowest BCUT2D eigenvalue weighted by molar-refractivity contribution is -0.118. The predicted molar refractivity (Wildman–Crippen MR) is 67.8 cm³/mol. The normalized spacial score (nSPS) is 10.1. The minimum absolute atomic E-state index is 0.0417. The highest BCUT2D eigenvalue weighted by Crippen LogP contribution is 1.97. The van der Waals surface area contributed by atoms with Gasteiger partial charge in [-0.05, 0) is 6.92 Å². The fourth-order valence-corrected chi connectivity index (χ4v) is 1.58. The monoisotopic (exact) mass is 247 g/mol. The molecule has 0 rings (SSSR count). The van der Waals surface area contributed by atoms with Crippen LogP contribution in [0.15, 0.2) is 12.2 Å². The van der Waals surface area contributed by atoms with E-state index >= 15 is 0 Å². The van der Waals surface area contributed by atoms with Gasteiger partial charge in [0, 0.05) is 19.4 Å². The van der Waals surface area contributed by atoms with Crippen LogP contribution in [0.3, 0.4) is 0 Å². The molecule has 0 aliphatic carbocycles. The lowest BCUT2D eigenvalue weighted by Gasteiger charge is -2.06. The van der Waals surface area contributed by atoms with Gasteiger partial charge in [0.2, 0.25) is 5.91 Å². The molecule has 0 fully saturated rings. The second kappa shape index (κ2) is 11.0. The first kappa shape index (κ1) is 15.5. The summed E-state index contributed by atoms with van der Waals surface area (Å²) in [5.41, 5.74) is 0.987. The standard InChI is InChI=1S/C11H21NO3S/c1-10(2)8-15-5-4-12-11(13)9-16-7-6-14-3/h1,4-9H2,2-3H3,(H,12,13). The summed E-state index contributed by atoms with van der Waals surface area (Å²) in [6, 6.07) is 0. The molecule has 1 N–H and O–H groups in total. The molecule has 0 unspecified atom stereocenters. The Morgan fingerprint density at radius 1 is 1.44 bits per heavy atom. The summed E-state index contributed by atoms with van der Waals surface area (Å²) in [4.78, 5) is 11.3. The molecule has 0 aliphatic rings. The van der Waals surface area contributed by atoms with Crippen LogP contribution in [0.1, 0.15) is 6.92 Å². The molecule has 0 heterocycles. The molecule has 0 aromatic heterocycles. The van der Waals surface area contributed by atoms with Crippen LogP contribution in [0.4, 0.5) is 0 Å². The highest BCUT2D eigenvalue weighted by Gasteiger charge is 2.00. The fraction of sp³-hybridized carbons (Fsp3) is 0.727. The Balaban J connectivity index is 3.20. The number of hydrogen-bond donors (Lipinski definition) is 1. The van der Waals surface area contributed by atoms with Crippen molar-refractivity contribution in [2.24, 2.45) is 0 Å². The molecule has 5 heteroatoms. The van der Waals surface area contributed by atoms with E-state index in [1.165, 1.54) is 0 Å². The van der Waals surface area contributed by atoms with Crippen molar-refractivity contribution in [3.05, 3.63) is 12.2 Å². The van der Waals surface area contributed by atoms with E-state index in [0.717, 1.165) is 11.3 Å². The van der Waals surface area contributed by atoms with Crippen LogP contribution in [-0.2, 0) is 14.3 Å². The van der Waals surface area contributed by atoms with Gasteiger partial charge in [0.05, 0.1) is 25.6 Å². The van der Waals surface area contributed by atoms with Crippen LogP contribution in [0.2, 0.25) is 0 Å². The third-order valence-electron chi connectivity index (χ3n) is 1.58. The van der Waals surface area contributed by atoms with Gasteiger partial charge in [0.1, 0.15) is 0 Å². The molecule has 0 spiro atoms. The van der Waals surface area contributed by atoms with Gasteiger partial charge in [-0.1, -0.05) is 12.2 Å². The van der Waals surface area contributed by atoms with E-state index in [2.05, 4.69) is 11.9 Å². The largest absolute Gasteiger partial charge is 0.384 e. The van der Waals surface area contributed by atoms with Gasteiger partial charge in [0.15, 0.2) is 0 Å². The summed E-state index contributed by atoms with van der Waals surface area (Å²) in [7, 11) is 1.65. The van der Waals surface area contributed by atoms with Crippen molar-refractivity contribution >= 4 is 17.7 Å². The molecule has 1 amide bonds. The number of thioether (sulfide) groups is 1. The van der Waals surface area contributed by atoms with Gasteiger partial charge in [-0.15, -0.1) is 11.8 Å². The van der Waals surface area contributed by atoms with Gasteiger partial charge in [-0.2, -0.15) is 0 Å². The zero-order valence-corrected chi connectivity index (χ0v) is 10.9. The fourth-order valence-electron chi connectivity index (χ4n) is 0.867. The molecule has 0 bridgehead atoms. The first-order chi connectivity index (χ1) is 7.66. The Labute approximate surface area is 102 Å². The number of carbonyl (C=O) groups excluding carboxylic acids is 1. The van der Waals surface area contributed by atoms with Crippen molar-refractivity contribution in [3.63, 3.8) is 0 Å². The van der Waals surface area contributed by atoms with Crippen LogP contribution in [-0.4, -0.2) is 50.9 Å². The summed E-state index contributed by atoms with van der Waals surface area (Å²) in [6.45, 7) is 7.94. The van der Waals surface area contributed by atoms with Crippen LogP contribution >= 0.6 is 11.8 Å². The lowest BCUT2D eigenvalue weighted by atomic mass is 10.4. The Morgan fingerprint density at radius 3 is 2.81 bits per heavy atom. The third-order valence-corrected chi connectivity index (χ3v) is 2.50. The highest BCUT2D eigenvalue weighted by atomic mass is 32.2. The molecular formula is C11H21NO3S. The lowest BCUT2D eigenvalue weighted by Crippen LogP contribution is -2.29. The average molecular weight is 247 g/mol. The number of methoxy groups -OCH3 is 1. The quantitative estimate of drug-likeness (QED) is 0.463. The zero-order valence-electron chi connectivity index (χ0n) is 10.1. The molecule has 0 saturated heterocycles. The van der Waals surface area contributed by atoms with Crippen molar-refractivity contribution in [2.45, 2.75) is 6.92 Å². The smallest absolute Gasteiger partial charge is 0.230 e. The van der Waals surface area contributed by atoms with E-state index < -0.39 is 0 Å². The number of hydrogen-bond acceptors (Lipinski definition) is 4. The van der Waals surface area contributed by atoms with E-state index in [1.54, 1.807) is 18.9 Å². The van der Waals surface area contributed by atoms with Gasteiger partial charge >= 0.3 is 0 Å². The number of rotatable bonds is 10. The van der Waals surface area contributed by atoms with E-state index in [0.29, 0.717) is 32.1 Å². The van der Waals surface area contributed by atoms with E-state index in [-0.39, 0.29) is 5.91 Å². The average Bonchev–Trinajstić information content (AvgIpc) is 2.23. The Kier molecular flexibility index (Phi) is 10.6. The molecular weight excluding hydrogens is 226 g/mol. The van der Waals surface area contributed by atoms with Crippen molar-refractivity contribution in [1.29, 1.82) is 0 Å². The molecule has 0 aromatic rings. The zero-order chi connectivity index (χ0) is 12.2. The van der Waals surface area contributed by atoms with Crippen LogP contribution in [0.5, 0.6) is 0 Å². The topological polar surface area (TPSA) is 47.6 Å². The predicted octanol–water partition coefficient (Wildman–Crippen LogP) is 1.07. The minimum atomic E-state index is 0.0417.